The number of carbonyl (C=O) groups is 1. The summed E-state index contributed by atoms with van der Waals surface area (Å²) in [5, 5.41) is 14.7. The monoisotopic (exact) mass is 409 g/mol. The van der Waals surface area contributed by atoms with Crippen LogP contribution in [0, 0.1) is 11.8 Å². The van der Waals surface area contributed by atoms with E-state index in [2.05, 4.69) is 17.3 Å². The van der Waals surface area contributed by atoms with Crippen LogP contribution in [0.5, 0.6) is 5.75 Å². The number of aromatic hydroxyl groups is 1. The van der Waals surface area contributed by atoms with Gasteiger partial charge in [-0.2, -0.15) is 0 Å². The Morgan fingerprint density at radius 1 is 1.20 bits per heavy atom. The Hall–Kier alpha value is -2.34. The van der Waals surface area contributed by atoms with Crippen LogP contribution >= 0.6 is 0 Å². The first-order valence-electron chi connectivity index (χ1n) is 11.2. The molecule has 2 saturated carbocycles. The van der Waals surface area contributed by atoms with Gasteiger partial charge >= 0.3 is 0 Å². The van der Waals surface area contributed by atoms with Crippen molar-refractivity contribution in [2.24, 2.45) is 11.8 Å². The summed E-state index contributed by atoms with van der Waals surface area (Å²) in [4.78, 5) is 29.3. The summed E-state index contributed by atoms with van der Waals surface area (Å²) in [6.07, 6.45) is 5.24. The zero-order valence-corrected chi connectivity index (χ0v) is 18.0. The summed E-state index contributed by atoms with van der Waals surface area (Å²) in [5.74, 6) is 0.257. The van der Waals surface area contributed by atoms with Crippen LogP contribution in [0.1, 0.15) is 56.3 Å². The van der Waals surface area contributed by atoms with E-state index in [4.69, 9.17) is 0 Å². The van der Waals surface area contributed by atoms with E-state index in [0.717, 1.165) is 19.3 Å². The minimum absolute atomic E-state index is 0.113. The number of fused-ring (bicyclic) bond motifs is 1. The van der Waals surface area contributed by atoms with Gasteiger partial charge in [0.05, 0.1) is 5.52 Å². The maximum Gasteiger partial charge on any atom is 0.267 e. The van der Waals surface area contributed by atoms with Gasteiger partial charge in [0.1, 0.15) is 11.3 Å². The number of pyridine rings is 1. The van der Waals surface area contributed by atoms with Crippen molar-refractivity contribution in [1.29, 1.82) is 0 Å². The van der Waals surface area contributed by atoms with Gasteiger partial charge in [0, 0.05) is 29.6 Å². The van der Waals surface area contributed by atoms with Crippen LogP contribution in [-0.2, 0) is 6.54 Å². The molecule has 2 aromatic rings. The van der Waals surface area contributed by atoms with Gasteiger partial charge in [-0.15, -0.1) is 0 Å². The van der Waals surface area contributed by atoms with E-state index in [0.29, 0.717) is 35.4 Å². The van der Waals surface area contributed by atoms with Crippen molar-refractivity contribution in [3.63, 3.8) is 0 Å². The largest absolute Gasteiger partial charge is 0.506 e. The second-order valence-corrected chi connectivity index (χ2v) is 10.2. The second kappa shape index (κ2) is 6.84. The second-order valence-electron chi connectivity index (χ2n) is 10.2. The van der Waals surface area contributed by atoms with Crippen LogP contribution in [0.3, 0.4) is 0 Å². The molecule has 4 fully saturated rings. The van der Waals surface area contributed by atoms with Crippen molar-refractivity contribution in [2.75, 3.05) is 7.05 Å². The van der Waals surface area contributed by atoms with Gasteiger partial charge in [-0.3, -0.25) is 9.59 Å². The van der Waals surface area contributed by atoms with Gasteiger partial charge in [-0.1, -0.05) is 26.0 Å². The Balaban J connectivity index is 1.55. The lowest BCUT2D eigenvalue weighted by Gasteiger charge is -2.60. The number of benzene rings is 1. The Kier molecular flexibility index (Phi) is 4.47. The third-order valence-corrected chi connectivity index (χ3v) is 7.59. The molecule has 6 heteroatoms. The van der Waals surface area contributed by atoms with Crippen molar-refractivity contribution in [1.82, 2.24) is 14.8 Å². The molecule has 2 aliphatic heterocycles. The molecular weight excluding hydrogens is 378 g/mol. The molecule has 6 rings (SSSR count). The highest BCUT2D eigenvalue weighted by Crippen LogP contribution is 2.50. The van der Waals surface area contributed by atoms with Crippen molar-refractivity contribution < 1.29 is 9.90 Å². The lowest BCUT2D eigenvalue weighted by molar-refractivity contribution is -0.0665. The predicted octanol–water partition coefficient (Wildman–Crippen LogP) is 3.11. The summed E-state index contributed by atoms with van der Waals surface area (Å²) in [6, 6.07) is 8.28. The molecule has 1 aromatic carbocycles. The van der Waals surface area contributed by atoms with Gasteiger partial charge < -0.3 is 19.9 Å². The topological polar surface area (TPSA) is 74.6 Å². The lowest BCUT2D eigenvalue weighted by atomic mass is 9.59. The molecule has 160 valence electrons. The predicted molar refractivity (Wildman–Crippen MR) is 117 cm³/mol. The van der Waals surface area contributed by atoms with Gasteiger partial charge in [0.15, 0.2) is 0 Å². The van der Waals surface area contributed by atoms with Crippen LogP contribution in [0.2, 0.25) is 0 Å². The van der Waals surface area contributed by atoms with E-state index in [1.165, 1.54) is 12.8 Å². The molecule has 4 bridgehead atoms. The molecule has 6 nitrogen and oxygen atoms in total. The van der Waals surface area contributed by atoms with Crippen LogP contribution < -0.4 is 10.9 Å². The molecule has 2 N–H and O–H groups in total. The fourth-order valence-corrected chi connectivity index (χ4v) is 6.42. The summed E-state index contributed by atoms with van der Waals surface area (Å²) >= 11 is 0. The zero-order valence-electron chi connectivity index (χ0n) is 18.0. The highest BCUT2D eigenvalue weighted by Gasteiger charge is 2.54. The minimum atomic E-state index is -0.426. The van der Waals surface area contributed by atoms with E-state index in [-0.39, 0.29) is 22.8 Å². The number of nitrogens with one attached hydrogen (secondary N) is 1. The molecule has 2 atom stereocenters. The first-order chi connectivity index (χ1) is 14.3. The number of hydrogen-bond donors (Lipinski definition) is 2. The molecular formula is C24H31N3O3. The fourth-order valence-electron chi connectivity index (χ4n) is 6.42. The Bertz CT molecular complexity index is 1060. The first-order valence-corrected chi connectivity index (χ1v) is 11.2. The zero-order chi connectivity index (χ0) is 21.2. The van der Waals surface area contributed by atoms with Crippen LogP contribution in [-0.4, -0.2) is 45.2 Å². The normalized spacial score (nSPS) is 30.3. The lowest BCUT2D eigenvalue weighted by Crippen LogP contribution is -2.68. The third-order valence-electron chi connectivity index (χ3n) is 7.59. The van der Waals surface area contributed by atoms with Gasteiger partial charge in [-0.05, 0) is 63.1 Å². The number of para-hydroxylation sites is 1. The van der Waals surface area contributed by atoms with E-state index in [9.17, 15) is 14.7 Å². The molecule has 2 unspecified atom stereocenters. The third kappa shape index (κ3) is 2.96. The summed E-state index contributed by atoms with van der Waals surface area (Å²) in [7, 11) is 2.20. The molecule has 3 heterocycles. The molecule has 0 radical (unpaired) electrons. The number of amides is 1. The molecule has 1 amide bonds. The quantitative estimate of drug-likeness (QED) is 0.814. The average molecular weight is 410 g/mol. The number of carbonyl (C=O) groups excluding carboxylic acids is 1. The summed E-state index contributed by atoms with van der Waals surface area (Å²) in [6.45, 7) is 4.58. The maximum absolute atomic E-state index is 13.4. The number of aromatic nitrogens is 1. The summed E-state index contributed by atoms with van der Waals surface area (Å²) < 4.78 is 1.64. The molecule has 4 aliphatic rings. The Labute approximate surface area is 176 Å². The number of piperidine rings is 2. The van der Waals surface area contributed by atoms with Gasteiger partial charge in [0.2, 0.25) is 0 Å². The highest BCUT2D eigenvalue weighted by atomic mass is 16.3. The van der Waals surface area contributed by atoms with Gasteiger partial charge in [-0.25, -0.2) is 0 Å². The molecule has 0 spiro atoms. The highest BCUT2D eigenvalue weighted by molar-refractivity contribution is 6.02. The standard InChI is InChI=1S/C24H31N3O3/c1-14(2)13-27-19-7-5-4-6-18(19)21(28)20(23(27)30)22(29)25-24-10-15-8-16(11-24)26(3)17(9-15)12-24/h4-7,14-17,28H,8-13H2,1-3H3,(H,25,29). The van der Waals surface area contributed by atoms with Gasteiger partial charge in [0.25, 0.3) is 11.5 Å². The average Bonchev–Trinajstić information content (AvgIpc) is 2.68. The van der Waals surface area contributed by atoms with Crippen LogP contribution in [0.15, 0.2) is 29.1 Å². The number of nitrogens with zero attached hydrogens (tertiary/aromatic N) is 2. The molecule has 1 aromatic heterocycles. The molecule has 2 aliphatic carbocycles. The molecule has 30 heavy (non-hydrogen) atoms. The number of hydrogen-bond acceptors (Lipinski definition) is 4. The van der Waals surface area contributed by atoms with Crippen molar-refractivity contribution in [3.05, 3.63) is 40.2 Å². The summed E-state index contributed by atoms with van der Waals surface area (Å²) in [5.41, 5.74) is -0.104. The van der Waals surface area contributed by atoms with E-state index in [1.54, 1.807) is 10.6 Å². The van der Waals surface area contributed by atoms with Crippen molar-refractivity contribution in [2.45, 2.75) is 70.1 Å². The molecule has 2 saturated heterocycles. The van der Waals surface area contributed by atoms with E-state index >= 15 is 0 Å². The van der Waals surface area contributed by atoms with Crippen molar-refractivity contribution in [3.8, 4) is 5.75 Å². The fraction of sp³-hybridized carbons (Fsp3) is 0.583. The smallest absolute Gasteiger partial charge is 0.267 e. The maximum atomic E-state index is 13.4. The van der Waals surface area contributed by atoms with E-state index in [1.807, 2.05) is 32.0 Å². The Morgan fingerprint density at radius 3 is 2.53 bits per heavy atom. The SMILES string of the molecule is CC(C)Cn1c(=O)c(C(=O)NC23CC4CC(C2)N(C)C(C4)C3)c(O)c2ccccc21. The van der Waals surface area contributed by atoms with Crippen LogP contribution in [0.4, 0.5) is 0 Å². The van der Waals surface area contributed by atoms with Crippen LogP contribution in [0.25, 0.3) is 10.9 Å². The number of rotatable bonds is 4. The van der Waals surface area contributed by atoms with E-state index < -0.39 is 11.5 Å². The first kappa shape index (κ1) is 19.6. The van der Waals surface area contributed by atoms with Crippen molar-refractivity contribution >= 4 is 16.8 Å². The Morgan fingerprint density at radius 2 is 1.87 bits per heavy atom. The minimum Gasteiger partial charge on any atom is -0.506 e.